The van der Waals surface area contributed by atoms with Crippen LogP contribution in [0.4, 0.5) is 5.69 Å². The van der Waals surface area contributed by atoms with Gasteiger partial charge in [0, 0.05) is 25.3 Å². The Kier molecular flexibility index (Phi) is 6.60. The highest BCUT2D eigenvalue weighted by Gasteiger charge is 2.35. The van der Waals surface area contributed by atoms with Gasteiger partial charge in [-0.15, -0.1) is 0 Å². The van der Waals surface area contributed by atoms with Crippen molar-refractivity contribution in [2.24, 2.45) is 0 Å². The lowest BCUT2D eigenvalue weighted by atomic mass is 10.1. The van der Waals surface area contributed by atoms with Crippen molar-refractivity contribution in [1.82, 2.24) is 4.90 Å². The molecular formula is C17H24N2O6S. The summed E-state index contributed by atoms with van der Waals surface area (Å²) in [5.74, 6) is -1.11. The number of aliphatic hydroxyl groups excluding tert-OH is 1. The fourth-order valence-electron chi connectivity index (χ4n) is 2.83. The largest absolute Gasteiger partial charge is 0.449 e. The molecule has 1 aromatic rings. The summed E-state index contributed by atoms with van der Waals surface area (Å²) in [5, 5.41) is 11.8. The van der Waals surface area contributed by atoms with Gasteiger partial charge in [-0.2, -0.15) is 0 Å². The number of nitrogens with zero attached hydrogens (tertiary/aromatic N) is 1. The smallest absolute Gasteiger partial charge is 0.341 e. The van der Waals surface area contributed by atoms with Gasteiger partial charge >= 0.3 is 5.97 Å². The second-order valence-electron chi connectivity index (χ2n) is 6.25. The molecule has 9 heteroatoms. The SMILES string of the molecule is C[C@@H](OC(=O)c1ccccc1NCCO)C(=O)N(C)[C@H]1CCS(=O)(=O)C1. The molecule has 0 unspecified atom stereocenters. The Morgan fingerprint density at radius 1 is 1.38 bits per heavy atom. The standard InChI is InChI=1S/C17H24N2O6S/c1-12(16(21)19(2)13-7-10-26(23,24)11-13)25-17(22)14-5-3-4-6-15(14)18-8-9-20/h3-6,12-13,18,20H,7-11H2,1-2H3/t12-,13+/m1/s1. The zero-order chi connectivity index (χ0) is 19.3. The van der Waals surface area contributed by atoms with Gasteiger partial charge in [0.25, 0.3) is 5.91 Å². The van der Waals surface area contributed by atoms with Gasteiger partial charge in [0.05, 0.1) is 23.7 Å². The third-order valence-electron chi connectivity index (χ3n) is 4.31. The zero-order valence-electron chi connectivity index (χ0n) is 14.8. The molecule has 0 radical (unpaired) electrons. The molecule has 0 saturated carbocycles. The fraction of sp³-hybridized carbons (Fsp3) is 0.529. The van der Waals surface area contributed by atoms with Crippen LogP contribution in [0.25, 0.3) is 0 Å². The topological polar surface area (TPSA) is 113 Å². The van der Waals surface area contributed by atoms with E-state index in [1.54, 1.807) is 24.3 Å². The Bertz CT molecular complexity index is 764. The summed E-state index contributed by atoms with van der Waals surface area (Å²) >= 11 is 0. The molecule has 144 valence electrons. The second kappa shape index (κ2) is 8.50. The summed E-state index contributed by atoms with van der Waals surface area (Å²) in [7, 11) is -1.59. The molecule has 1 saturated heterocycles. The van der Waals surface area contributed by atoms with Gasteiger partial charge in [0.1, 0.15) is 0 Å². The van der Waals surface area contributed by atoms with Crippen molar-refractivity contribution in [3.8, 4) is 0 Å². The fourth-order valence-corrected chi connectivity index (χ4v) is 4.60. The second-order valence-corrected chi connectivity index (χ2v) is 8.48. The van der Waals surface area contributed by atoms with Crippen molar-refractivity contribution < 1.29 is 27.9 Å². The molecule has 26 heavy (non-hydrogen) atoms. The molecule has 2 rings (SSSR count). The third-order valence-corrected chi connectivity index (χ3v) is 6.06. The van der Waals surface area contributed by atoms with Crippen LogP contribution in [0.3, 0.4) is 0 Å². The number of sulfone groups is 1. The predicted octanol–water partition coefficient (Wildman–Crippen LogP) is 0.282. The van der Waals surface area contributed by atoms with Crippen molar-refractivity contribution in [2.75, 3.05) is 37.0 Å². The monoisotopic (exact) mass is 384 g/mol. The van der Waals surface area contributed by atoms with Crippen LogP contribution < -0.4 is 5.32 Å². The molecular weight excluding hydrogens is 360 g/mol. The lowest BCUT2D eigenvalue weighted by Crippen LogP contribution is -2.44. The van der Waals surface area contributed by atoms with E-state index in [2.05, 4.69) is 5.32 Å². The van der Waals surface area contributed by atoms with Gasteiger partial charge in [-0.25, -0.2) is 13.2 Å². The van der Waals surface area contributed by atoms with Crippen LogP contribution in [-0.4, -0.2) is 74.2 Å². The van der Waals surface area contributed by atoms with Crippen LogP contribution in [0.5, 0.6) is 0 Å². The van der Waals surface area contributed by atoms with Crippen LogP contribution in [0.15, 0.2) is 24.3 Å². The first kappa shape index (κ1) is 20.2. The van der Waals surface area contributed by atoms with Gasteiger partial charge in [0.15, 0.2) is 15.9 Å². The number of anilines is 1. The Morgan fingerprint density at radius 2 is 2.08 bits per heavy atom. The van der Waals surface area contributed by atoms with Gasteiger partial charge in [-0.05, 0) is 25.5 Å². The number of rotatable bonds is 7. The Hall–Kier alpha value is -2.13. The van der Waals surface area contributed by atoms with E-state index < -0.39 is 33.9 Å². The van der Waals surface area contributed by atoms with E-state index in [1.807, 2.05) is 0 Å². The highest BCUT2D eigenvalue weighted by atomic mass is 32.2. The number of para-hydroxylation sites is 1. The van der Waals surface area contributed by atoms with Crippen molar-refractivity contribution in [3.63, 3.8) is 0 Å². The molecule has 1 aliphatic heterocycles. The maximum atomic E-state index is 12.5. The van der Waals surface area contributed by atoms with E-state index >= 15 is 0 Å². The zero-order valence-corrected chi connectivity index (χ0v) is 15.7. The lowest BCUT2D eigenvalue weighted by Gasteiger charge is -2.26. The van der Waals surface area contributed by atoms with E-state index in [1.165, 1.54) is 18.9 Å². The lowest BCUT2D eigenvalue weighted by molar-refractivity contribution is -0.140. The maximum absolute atomic E-state index is 12.5. The average molecular weight is 384 g/mol. The van der Waals surface area contributed by atoms with E-state index in [0.29, 0.717) is 12.1 Å². The molecule has 1 aliphatic rings. The van der Waals surface area contributed by atoms with E-state index in [4.69, 9.17) is 9.84 Å². The first-order valence-electron chi connectivity index (χ1n) is 8.37. The third kappa shape index (κ3) is 4.95. The number of aliphatic hydroxyl groups is 1. The Morgan fingerprint density at radius 3 is 2.69 bits per heavy atom. The van der Waals surface area contributed by atoms with Crippen LogP contribution >= 0.6 is 0 Å². The molecule has 1 amide bonds. The normalized spacial score (nSPS) is 19.6. The van der Waals surface area contributed by atoms with Crippen molar-refractivity contribution in [3.05, 3.63) is 29.8 Å². The first-order valence-corrected chi connectivity index (χ1v) is 10.2. The van der Waals surface area contributed by atoms with Gasteiger partial charge in [-0.3, -0.25) is 4.79 Å². The number of carbonyl (C=O) groups excluding carboxylic acids is 2. The average Bonchev–Trinajstić information content (AvgIpc) is 2.98. The highest BCUT2D eigenvalue weighted by molar-refractivity contribution is 7.91. The Balaban J connectivity index is 2.01. The van der Waals surface area contributed by atoms with Crippen molar-refractivity contribution in [2.45, 2.75) is 25.5 Å². The van der Waals surface area contributed by atoms with Crippen LogP contribution in [0.2, 0.25) is 0 Å². The maximum Gasteiger partial charge on any atom is 0.341 e. The molecule has 0 aromatic heterocycles. The number of amides is 1. The van der Waals surface area contributed by atoms with Crippen molar-refractivity contribution in [1.29, 1.82) is 0 Å². The minimum atomic E-state index is -3.11. The molecule has 1 heterocycles. The van der Waals surface area contributed by atoms with E-state index in [-0.39, 0.29) is 30.2 Å². The van der Waals surface area contributed by atoms with Crippen LogP contribution in [0.1, 0.15) is 23.7 Å². The number of hydrogen-bond donors (Lipinski definition) is 2. The molecule has 2 atom stereocenters. The molecule has 0 spiro atoms. The minimum Gasteiger partial charge on any atom is -0.449 e. The van der Waals surface area contributed by atoms with Gasteiger partial charge in [-0.1, -0.05) is 12.1 Å². The van der Waals surface area contributed by atoms with Crippen molar-refractivity contribution >= 4 is 27.4 Å². The number of hydrogen-bond acceptors (Lipinski definition) is 7. The molecule has 1 aromatic carbocycles. The van der Waals surface area contributed by atoms with Gasteiger partial charge < -0.3 is 20.1 Å². The summed E-state index contributed by atoms with van der Waals surface area (Å²) in [6.07, 6.45) is -0.652. The quantitative estimate of drug-likeness (QED) is 0.649. The summed E-state index contributed by atoms with van der Waals surface area (Å²) in [6.45, 7) is 1.65. The summed E-state index contributed by atoms with van der Waals surface area (Å²) in [4.78, 5) is 26.2. The van der Waals surface area contributed by atoms with Crippen LogP contribution in [0, 0.1) is 0 Å². The molecule has 0 aliphatic carbocycles. The molecule has 0 bridgehead atoms. The summed E-state index contributed by atoms with van der Waals surface area (Å²) < 4.78 is 28.4. The van der Waals surface area contributed by atoms with E-state index in [0.717, 1.165) is 0 Å². The number of ether oxygens (including phenoxy) is 1. The molecule has 2 N–H and O–H groups in total. The molecule has 1 fully saturated rings. The summed E-state index contributed by atoms with van der Waals surface area (Å²) in [6, 6.07) is 6.25. The predicted molar refractivity (Wildman–Crippen MR) is 96.7 cm³/mol. The number of carbonyl (C=O) groups is 2. The van der Waals surface area contributed by atoms with E-state index in [9.17, 15) is 18.0 Å². The number of benzene rings is 1. The van der Waals surface area contributed by atoms with Gasteiger partial charge in [0.2, 0.25) is 0 Å². The van der Waals surface area contributed by atoms with Crippen LogP contribution in [-0.2, 0) is 19.4 Å². The molecule has 8 nitrogen and oxygen atoms in total. The first-order chi connectivity index (χ1) is 12.2. The Labute approximate surface area is 153 Å². The number of nitrogens with one attached hydrogen (secondary N) is 1. The minimum absolute atomic E-state index is 0.0629. The number of likely N-dealkylation sites (N-methyl/N-ethyl adjacent to an activating group) is 1. The number of esters is 1. The summed E-state index contributed by atoms with van der Waals surface area (Å²) in [5.41, 5.74) is 0.758. The highest BCUT2D eigenvalue weighted by Crippen LogP contribution is 2.19.